The van der Waals surface area contributed by atoms with Crippen LogP contribution < -0.4 is 5.73 Å². The third-order valence-corrected chi connectivity index (χ3v) is 2.99. The smallest absolute Gasteiger partial charge is 0.158 e. The Morgan fingerprint density at radius 3 is 2.84 bits per heavy atom. The zero-order valence-corrected chi connectivity index (χ0v) is 11.0. The predicted octanol–water partition coefficient (Wildman–Crippen LogP) is 2.44. The van der Waals surface area contributed by atoms with E-state index in [1.807, 2.05) is 30.3 Å². The normalized spacial score (nSPS) is 20.2. The molecule has 0 amide bonds. The van der Waals surface area contributed by atoms with Crippen LogP contribution in [-0.2, 0) is 9.47 Å². The number of hydrogen-bond donors (Lipinski definition) is 2. The molecule has 1 atom stereocenters. The highest BCUT2D eigenvalue weighted by molar-refractivity contribution is 6.06. The molecular formula is C15H20N2O2. The molecule has 3 N–H and O–H groups in total. The fourth-order valence-electron chi connectivity index (χ4n) is 1.96. The Morgan fingerprint density at radius 1 is 1.37 bits per heavy atom. The summed E-state index contributed by atoms with van der Waals surface area (Å²) in [4.78, 5) is 0. The standard InChI is InChI=1S/C15H20N2O2/c16-13(11-19-15-8-4-5-9-18-15)10-14(17)12-6-2-1-3-7-12/h1-3,6-7,10,15,17H,4-5,8-9,11,16H2/b13-10-,17-14?. The third kappa shape index (κ3) is 4.50. The molecule has 2 rings (SSSR count). The van der Waals surface area contributed by atoms with Crippen LogP contribution in [0.25, 0.3) is 0 Å². The molecule has 0 aromatic heterocycles. The lowest BCUT2D eigenvalue weighted by Gasteiger charge is -2.22. The van der Waals surface area contributed by atoms with Crippen molar-refractivity contribution in [1.82, 2.24) is 0 Å². The molecule has 4 nitrogen and oxygen atoms in total. The molecular weight excluding hydrogens is 240 g/mol. The van der Waals surface area contributed by atoms with Gasteiger partial charge in [0.2, 0.25) is 0 Å². The molecule has 0 radical (unpaired) electrons. The van der Waals surface area contributed by atoms with Gasteiger partial charge in [-0.25, -0.2) is 0 Å². The molecule has 1 fully saturated rings. The number of benzene rings is 1. The maximum atomic E-state index is 7.94. The molecule has 1 heterocycles. The minimum Gasteiger partial charge on any atom is -0.400 e. The molecule has 1 aromatic rings. The molecule has 1 aliphatic rings. The van der Waals surface area contributed by atoms with Crippen LogP contribution >= 0.6 is 0 Å². The van der Waals surface area contributed by atoms with Crippen LogP contribution in [0.4, 0.5) is 0 Å². The first-order chi connectivity index (χ1) is 9.25. The van der Waals surface area contributed by atoms with E-state index in [4.69, 9.17) is 20.6 Å². The summed E-state index contributed by atoms with van der Waals surface area (Å²) in [7, 11) is 0. The molecule has 0 bridgehead atoms. The Balaban J connectivity index is 1.83. The lowest BCUT2D eigenvalue weighted by molar-refractivity contribution is -0.157. The first kappa shape index (κ1) is 13.8. The topological polar surface area (TPSA) is 68.3 Å². The van der Waals surface area contributed by atoms with Crippen molar-refractivity contribution in [3.63, 3.8) is 0 Å². The minimum absolute atomic E-state index is 0.147. The quantitative estimate of drug-likeness (QED) is 0.799. The van der Waals surface area contributed by atoms with Gasteiger partial charge in [0.15, 0.2) is 6.29 Å². The summed E-state index contributed by atoms with van der Waals surface area (Å²) in [5.74, 6) is 0. The molecule has 1 aliphatic heterocycles. The summed E-state index contributed by atoms with van der Waals surface area (Å²) >= 11 is 0. The number of nitrogens with two attached hydrogens (primary N) is 1. The van der Waals surface area contributed by atoms with Crippen molar-refractivity contribution in [2.75, 3.05) is 13.2 Å². The summed E-state index contributed by atoms with van der Waals surface area (Å²) < 4.78 is 11.0. The highest BCUT2D eigenvalue weighted by Gasteiger charge is 2.13. The number of rotatable bonds is 5. The molecule has 0 saturated carbocycles. The second kappa shape index (κ2) is 7.07. The van der Waals surface area contributed by atoms with E-state index in [1.165, 1.54) is 0 Å². The highest BCUT2D eigenvalue weighted by atomic mass is 16.7. The zero-order valence-electron chi connectivity index (χ0n) is 11.0. The number of allylic oxidation sites excluding steroid dienone is 1. The summed E-state index contributed by atoms with van der Waals surface area (Å²) in [5, 5.41) is 7.94. The Hall–Kier alpha value is -1.65. The van der Waals surface area contributed by atoms with E-state index in [1.54, 1.807) is 6.08 Å². The van der Waals surface area contributed by atoms with Gasteiger partial charge < -0.3 is 20.6 Å². The van der Waals surface area contributed by atoms with E-state index in [0.29, 0.717) is 18.0 Å². The Kier molecular flexibility index (Phi) is 5.12. The van der Waals surface area contributed by atoms with Gasteiger partial charge in [0, 0.05) is 12.3 Å². The number of nitrogens with one attached hydrogen (secondary N) is 1. The van der Waals surface area contributed by atoms with Gasteiger partial charge in [0.25, 0.3) is 0 Å². The van der Waals surface area contributed by atoms with Crippen molar-refractivity contribution in [2.45, 2.75) is 25.6 Å². The Morgan fingerprint density at radius 2 is 2.16 bits per heavy atom. The van der Waals surface area contributed by atoms with Crippen molar-refractivity contribution >= 4 is 5.71 Å². The van der Waals surface area contributed by atoms with Crippen molar-refractivity contribution < 1.29 is 9.47 Å². The van der Waals surface area contributed by atoms with E-state index >= 15 is 0 Å². The van der Waals surface area contributed by atoms with E-state index in [0.717, 1.165) is 31.4 Å². The van der Waals surface area contributed by atoms with Crippen LogP contribution in [0, 0.1) is 5.41 Å². The van der Waals surface area contributed by atoms with Gasteiger partial charge in [-0.2, -0.15) is 0 Å². The SMILES string of the molecule is N=C(/C=C(\N)COC1CCCCO1)c1ccccc1. The second-order valence-corrected chi connectivity index (χ2v) is 4.61. The van der Waals surface area contributed by atoms with Crippen molar-refractivity contribution in [2.24, 2.45) is 5.73 Å². The molecule has 102 valence electrons. The monoisotopic (exact) mass is 260 g/mol. The van der Waals surface area contributed by atoms with E-state index in [9.17, 15) is 0 Å². The maximum absolute atomic E-state index is 7.94. The van der Waals surface area contributed by atoms with Gasteiger partial charge in [0.05, 0.1) is 12.3 Å². The summed E-state index contributed by atoms with van der Waals surface area (Å²) in [5.41, 5.74) is 7.65. The lowest BCUT2D eigenvalue weighted by Crippen LogP contribution is -2.24. The van der Waals surface area contributed by atoms with Crippen LogP contribution in [0.15, 0.2) is 42.1 Å². The number of hydrogen-bond acceptors (Lipinski definition) is 4. The fraction of sp³-hybridized carbons (Fsp3) is 0.400. The summed E-state index contributed by atoms with van der Waals surface area (Å²) in [6.45, 7) is 1.06. The minimum atomic E-state index is -0.147. The van der Waals surface area contributed by atoms with Crippen LogP contribution in [0.2, 0.25) is 0 Å². The van der Waals surface area contributed by atoms with Gasteiger partial charge in [-0.3, -0.25) is 0 Å². The average Bonchev–Trinajstić information content (AvgIpc) is 2.47. The molecule has 1 saturated heterocycles. The largest absolute Gasteiger partial charge is 0.400 e. The molecule has 1 unspecified atom stereocenters. The summed E-state index contributed by atoms with van der Waals surface area (Å²) in [6.07, 6.45) is 4.64. The second-order valence-electron chi connectivity index (χ2n) is 4.61. The van der Waals surface area contributed by atoms with E-state index < -0.39 is 0 Å². The van der Waals surface area contributed by atoms with Crippen LogP contribution in [-0.4, -0.2) is 25.2 Å². The van der Waals surface area contributed by atoms with Gasteiger partial charge in [-0.1, -0.05) is 30.3 Å². The van der Waals surface area contributed by atoms with Crippen molar-refractivity contribution in [3.05, 3.63) is 47.7 Å². The zero-order chi connectivity index (χ0) is 13.5. The fourth-order valence-corrected chi connectivity index (χ4v) is 1.96. The average molecular weight is 260 g/mol. The van der Waals surface area contributed by atoms with Crippen LogP contribution in [0.3, 0.4) is 0 Å². The predicted molar refractivity (Wildman–Crippen MR) is 75.1 cm³/mol. The lowest BCUT2D eigenvalue weighted by atomic mass is 10.1. The maximum Gasteiger partial charge on any atom is 0.158 e. The molecule has 19 heavy (non-hydrogen) atoms. The van der Waals surface area contributed by atoms with Crippen molar-refractivity contribution in [3.8, 4) is 0 Å². The number of ether oxygens (including phenoxy) is 2. The van der Waals surface area contributed by atoms with Crippen molar-refractivity contribution in [1.29, 1.82) is 5.41 Å². The molecule has 4 heteroatoms. The van der Waals surface area contributed by atoms with Gasteiger partial charge >= 0.3 is 0 Å². The Bertz CT molecular complexity index is 437. The van der Waals surface area contributed by atoms with E-state index in [2.05, 4.69) is 0 Å². The summed E-state index contributed by atoms with van der Waals surface area (Å²) in [6, 6.07) is 9.50. The Labute approximate surface area is 113 Å². The molecule has 1 aromatic carbocycles. The van der Waals surface area contributed by atoms with Gasteiger partial charge in [0.1, 0.15) is 0 Å². The van der Waals surface area contributed by atoms with E-state index in [-0.39, 0.29) is 6.29 Å². The molecule has 0 aliphatic carbocycles. The first-order valence-corrected chi connectivity index (χ1v) is 6.59. The van der Waals surface area contributed by atoms with Gasteiger partial charge in [-0.05, 0) is 30.9 Å². The molecule has 0 spiro atoms. The third-order valence-electron chi connectivity index (χ3n) is 2.99. The van der Waals surface area contributed by atoms with Gasteiger partial charge in [-0.15, -0.1) is 0 Å². The van der Waals surface area contributed by atoms with Crippen LogP contribution in [0.5, 0.6) is 0 Å². The van der Waals surface area contributed by atoms with Crippen LogP contribution in [0.1, 0.15) is 24.8 Å². The first-order valence-electron chi connectivity index (χ1n) is 6.59. The highest BCUT2D eigenvalue weighted by Crippen LogP contribution is 2.14.